The third-order valence-corrected chi connectivity index (χ3v) is 5.52. The molecule has 0 saturated carbocycles. The Hall–Kier alpha value is -3.12. The van der Waals surface area contributed by atoms with Crippen molar-refractivity contribution in [3.05, 3.63) is 92.1 Å². The number of rotatable bonds is 6. The Kier molecular flexibility index (Phi) is 6.37. The molecule has 1 aromatic heterocycles. The predicted octanol–water partition coefficient (Wildman–Crippen LogP) is 3.70. The second-order valence-electron chi connectivity index (χ2n) is 7.77. The van der Waals surface area contributed by atoms with E-state index < -0.39 is 0 Å². The fourth-order valence-electron chi connectivity index (χ4n) is 3.86. The maximum absolute atomic E-state index is 12.9. The number of aryl methyl sites for hydroxylation is 2. The van der Waals surface area contributed by atoms with Crippen LogP contribution in [0.15, 0.2) is 53.3 Å². The van der Waals surface area contributed by atoms with Crippen LogP contribution in [0.5, 0.6) is 5.75 Å². The first-order valence-electron chi connectivity index (χ1n) is 10.3. The van der Waals surface area contributed by atoms with Crippen LogP contribution in [-0.2, 0) is 24.1 Å². The highest BCUT2D eigenvalue weighted by atomic mass is 35.5. The van der Waals surface area contributed by atoms with Crippen LogP contribution in [0.1, 0.15) is 40.7 Å². The maximum Gasteiger partial charge on any atom is 0.251 e. The molecule has 0 unspecified atom stereocenters. The summed E-state index contributed by atoms with van der Waals surface area (Å²) in [4.78, 5) is 31.8. The van der Waals surface area contributed by atoms with E-state index >= 15 is 0 Å². The average molecular weight is 438 g/mol. The van der Waals surface area contributed by atoms with Gasteiger partial charge in [0.2, 0.25) is 5.91 Å². The molecule has 0 aliphatic carbocycles. The van der Waals surface area contributed by atoms with Crippen LogP contribution in [0.25, 0.3) is 0 Å². The topological polar surface area (TPSA) is 84.1 Å². The Morgan fingerprint density at radius 2 is 2.03 bits per heavy atom. The predicted molar refractivity (Wildman–Crippen MR) is 120 cm³/mol. The Balaban J connectivity index is 1.52. The number of benzene rings is 2. The van der Waals surface area contributed by atoms with Crippen LogP contribution in [0.3, 0.4) is 0 Å². The summed E-state index contributed by atoms with van der Waals surface area (Å²) >= 11 is 6.03. The second-order valence-corrected chi connectivity index (χ2v) is 8.21. The van der Waals surface area contributed by atoms with Gasteiger partial charge in [0, 0.05) is 17.5 Å². The van der Waals surface area contributed by atoms with Crippen molar-refractivity contribution in [3.63, 3.8) is 0 Å². The van der Waals surface area contributed by atoms with Crippen LogP contribution >= 0.6 is 11.6 Å². The number of fused-ring (bicyclic) bond motifs is 1. The molecule has 0 saturated heterocycles. The molecule has 6 nitrogen and oxygen atoms in total. The number of ether oxygens (including phenoxy) is 1. The first-order valence-corrected chi connectivity index (χ1v) is 10.7. The van der Waals surface area contributed by atoms with Gasteiger partial charge in [-0.05, 0) is 54.7 Å². The summed E-state index contributed by atoms with van der Waals surface area (Å²) in [7, 11) is 0. The van der Waals surface area contributed by atoms with Crippen LogP contribution in [0.2, 0.25) is 5.02 Å². The lowest BCUT2D eigenvalue weighted by Crippen LogP contribution is -2.31. The van der Waals surface area contributed by atoms with Gasteiger partial charge in [-0.1, -0.05) is 35.9 Å². The third kappa shape index (κ3) is 5.52. The first kappa shape index (κ1) is 21.1. The highest BCUT2D eigenvalue weighted by Crippen LogP contribution is 2.26. The Labute approximate surface area is 185 Å². The first-order chi connectivity index (χ1) is 15.0. The van der Waals surface area contributed by atoms with Crippen molar-refractivity contribution >= 4 is 17.5 Å². The number of halogens is 1. The van der Waals surface area contributed by atoms with Crippen LogP contribution in [-0.4, -0.2) is 22.5 Å². The van der Waals surface area contributed by atoms with Gasteiger partial charge in [0.15, 0.2) is 0 Å². The Bertz CT molecular complexity index is 1140. The molecule has 4 rings (SSSR count). The number of nitrogens with one attached hydrogen (secondary N) is 2. The summed E-state index contributed by atoms with van der Waals surface area (Å²) < 4.78 is 5.65. The maximum atomic E-state index is 12.9. The summed E-state index contributed by atoms with van der Waals surface area (Å²) in [6.07, 6.45) is 2.62. The summed E-state index contributed by atoms with van der Waals surface area (Å²) in [6.45, 7) is 2.48. The van der Waals surface area contributed by atoms with Gasteiger partial charge in [0.05, 0.1) is 24.8 Å². The molecule has 0 bridgehead atoms. The summed E-state index contributed by atoms with van der Waals surface area (Å²) in [5, 5.41) is 3.72. The molecule has 1 aliphatic rings. The van der Waals surface area contributed by atoms with E-state index in [4.69, 9.17) is 16.3 Å². The van der Waals surface area contributed by atoms with Crippen molar-refractivity contribution in [2.45, 2.75) is 38.6 Å². The Morgan fingerprint density at radius 3 is 2.81 bits per heavy atom. The molecule has 7 heteroatoms. The van der Waals surface area contributed by atoms with Gasteiger partial charge in [-0.25, -0.2) is 4.98 Å². The van der Waals surface area contributed by atoms with Crippen molar-refractivity contribution in [3.8, 4) is 5.75 Å². The number of carbonyl (C=O) groups is 1. The summed E-state index contributed by atoms with van der Waals surface area (Å²) in [5.41, 5.74) is 3.40. The molecule has 2 heterocycles. The van der Waals surface area contributed by atoms with Crippen molar-refractivity contribution < 1.29 is 9.53 Å². The van der Waals surface area contributed by atoms with Gasteiger partial charge in [-0.3, -0.25) is 9.59 Å². The molecular weight excluding hydrogens is 414 g/mol. The monoisotopic (exact) mass is 437 g/mol. The SMILES string of the molecule is Cc1nc(C[C@@H](NC(=O)Cc2ccc3c(c2)CCCO3)c2ccc(Cl)cc2)cc(=O)[nH]1. The second kappa shape index (κ2) is 9.35. The minimum Gasteiger partial charge on any atom is -0.493 e. The normalized spacial score (nSPS) is 13.7. The molecule has 2 N–H and O–H groups in total. The molecular formula is C24H24ClN3O3. The van der Waals surface area contributed by atoms with Gasteiger partial charge >= 0.3 is 0 Å². The van der Waals surface area contributed by atoms with Gasteiger partial charge in [-0.2, -0.15) is 0 Å². The summed E-state index contributed by atoms with van der Waals surface area (Å²) in [5.74, 6) is 1.35. The fourth-order valence-corrected chi connectivity index (χ4v) is 3.98. The van der Waals surface area contributed by atoms with E-state index in [-0.39, 0.29) is 23.9 Å². The third-order valence-electron chi connectivity index (χ3n) is 5.27. The largest absolute Gasteiger partial charge is 0.493 e. The van der Waals surface area contributed by atoms with E-state index in [2.05, 4.69) is 15.3 Å². The van der Waals surface area contributed by atoms with Gasteiger partial charge in [-0.15, -0.1) is 0 Å². The quantitative estimate of drug-likeness (QED) is 0.615. The zero-order valence-electron chi connectivity index (χ0n) is 17.3. The van der Waals surface area contributed by atoms with Crippen LogP contribution in [0.4, 0.5) is 0 Å². The molecule has 1 aliphatic heterocycles. The van der Waals surface area contributed by atoms with E-state index in [0.29, 0.717) is 23.0 Å². The number of hydrogen-bond acceptors (Lipinski definition) is 4. The number of aromatic amines is 1. The molecule has 1 atom stereocenters. The zero-order valence-corrected chi connectivity index (χ0v) is 18.0. The lowest BCUT2D eigenvalue weighted by Gasteiger charge is -2.20. The lowest BCUT2D eigenvalue weighted by atomic mass is 9.99. The van der Waals surface area contributed by atoms with Gasteiger partial charge in [0.25, 0.3) is 5.56 Å². The number of hydrogen-bond donors (Lipinski definition) is 2. The van der Waals surface area contributed by atoms with Gasteiger partial charge < -0.3 is 15.0 Å². The van der Waals surface area contributed by atoms with Crippen molar-refractivity contribution in [1.29, 1.82) is 0 Å². The Morgan fingerprint density at radius 1 is 1.23 bits per heavy atom. The number of carbonyl (C=O) groups excluding carboxylic acids is 1. The van der Waals surface area contributed by atoms with E-state index in [9.17, 15) is 9.59 Å². The molecule has 1 amide bonds. The number of nitrogens with zero attached hydrogens (tertiary/aromatic N) is 1. The highest BCUT2D eigenvalue weighted by molar-refractivity contribution is 6.30. The lowest BCUT2D eigenvalue weighted by molar-refractivity contribution is -0.121. The fraction of sp³-hybridized carbons (Fsp3) is 0.292. The number of H-pyrrole nitrogens is 1. The van der Waals surface area contributed by atoms with E-state index in [1.807, 2.05) is 30.3 Å². The van der Waals surface area contributed by atoms with E-state index in [1.54, 1.807) is 19.1 Å². The minimum atomic E-state index is -0.334. The van der Waals surface area contributed by atoms with Crippen molar-refractivity contribution in [2.24, 2.45) is 0 Å². The molecule has 160 valence electrons. The molecule has 2 aromatic carbocycles. The average Bonchev–Trinajstić information content (AvgIpc) is 2.73. The zero-order chi connectivity index (χ0) is 21.8. The highest BCUT2D eigenvalue weighted by Gasteiger charge is 2.18. The molecule has 31 heavy (non-hydrogen) atoms. The molecule has 0 spiro atoms. The van der Waals surface area contributed by atoms with Crippen LogP contribution in [0, 0.1) is 6.92 Å². The molecule has 0 fully saturated rings. The van der Waals surface area contributed by atoms with Gasteiger partial charge in [0.1, 0.15) is 11.6 Å². The van der Waals surface area contributed by atoms with Crippen molar-refractivity contribution in [2.75, 3.05) is 6.61 Å². The van der Waals surface area contributed by atoms with Crippen molar-refractivity contribution in [1.82, 2.24) is 15.3 Å². The number of aromatic nitrogens is 2. The standard InChI is InChI=1S/C24H24ClN3O3/c1-15-26-20(14-24(30)27-15)13-21(17-5-7-19(25)8-6-17)28-23(29)12-16-4-9-22-18(11-16)3-2-10-31-22/h4-9,11,14,21H,2-3,10,12-13H2,1H3,(H,28,29)(H,26,27,30)/t21-/m1/s1. The minimum absolute atomic E-state index is 0.0989. The smallest absolute Gasteiger partial charge is 0.251 e. The van der Waals surface area contributed by atoms with E-state index in [1.165, 1.54) is 6.07 Å². The summed E-state index contributed by atoms with van der Waals surface area (Å²) in [6, 6.07) is 14.4. The molecule has 3 aromatic rings. The number of amides is 1. The molecule has 0 radical (unpaired) electrons. The van der Waals surface area contributed by atoms with Crippen LogP contribution < -0.4 is 15.6 Å². The van der Waals surface area contributed by atoms with E-state index in [0.717, 1.165) is 41.9 Å².